The van der Waals surface area contributed by atoms with Crippen LogP contribution in [0.3, 0.4) is 0 Å². The van der Waals surface area contributed by atoms with Crippen molar-refractivity contribution in [3.8, 4) is 11.5 Å². The number of hydrogen-bond donors (Lipinski definition) is 1. The van der Waals surface area contributed by atoms with Gasteiger partial charge in [-0.05, 0) is 39.2 Å². The average Bonchev–Trinajstić information content (AvgIpc) is 2.42. The molecular weight excluding hydrogens is 244 g/mol. The van der Waals surface area contributed by atoms with E-state index >= 15 is 0 Å². The van der Waals surface area contributed by atoms with Gasteiger partial charge in [0.15, 0.2) is 11.5 Å². The predicted molar refractivity (Wildman–Crippen MR) is 75.1 cm³/mol. The molecule has 0 aromatic heterocycles. The largest absolute Gasteiger partial charge is 0.493 e. The number of nitrogens with one attached hydrogen (secondary N) is 1. The molecule has 0 unspecified atom stereocenters. The van der Waals surface area contributed by atoms with Crippen molar-refractivity contribution in [2.24, 2.45) is 0 Å². The molecule has 1 aromatic rings. The second kappa shape index (κ2) is 7.63. The summed E-state index contributed by atoms with van der Waals surface area (Å²) in [6.45, 7) is 1.58. The number of nitrogens with zero attached hydrogens (tertiary/aromatic N) is 1. The zero-order chi connectivity index (χ0) is 14.3. The molecule has 0 radical (unpaired) electrons. The van der Waals surface area contributed by atoms with Crippen LogP contribution in [-0.4, -0.2) is 52.2 Å². The molecule has 1 amide bonds. The monoisotopic (exact) mass is 266 g/mol. The van der Waals surface area contributed by atoms with Gasteiger partial charge in [0.2, 0.25) is 0 Å². The van der Waals surface area contributed by atoms with E-state index in [1.54, 1.807) is 25.3 Å². The van der Waals surface area contributed by atoms with E-state index in [4.69, 9.17) is 9.47 Å². The van der Waals surface area contributed by atoms with Gasteiger partial charge in [-0.1, -0.05) is 6.07 Å². The van der Waals surface area contributed by atoms with Crippen LogP contribution in [0.25, 0.3) is 0 Å². The van der Waals surface area contributed by atoms with Crippen molar-refractivity contribution in [1.29, 1.82) is 0 Å². The van der Waals surface area contributed by atoms with Crippen LogP contribution in [0.2, 0.25) is 0 Å². The predicted octanol–water partition coefficient (Wildman–Crippen LogP) is 1.39. The number of hydrogen-bond acceptors (Lipinski definition) is 4. The fourth-order valence-corrected chi connectivity index (χ4v) is 1.76. The minimum absolute atomic E-state index is 0.144. The molecule has 0 saturated heterocycles. The highest BCUT2D eigenvalue weighted by Gasteiger charge is 2.15. The number of para-hydroxylation sites is 1. The van der Waals surface area contributed by atoms with Gasteiger partial charge in [-0.25, -0.2) is 0 Å². The summed E-state index contributed by atoms with van der Waals surface area (Å²) in [5.74, 6) is 0.882. The summed E-state index contributed by atoms with van der Waals surface area (Å²) in [7, 11) is 7.09. The quantitative estimate of drug-likeness (QED) is 0.758. The van der Waals surface area contributed by atoms with Gasteiger partial charge in [0, 0.05) is 6.54 Å². The summed E-state index contributed by atoms with van der Waals surface area (Å²) >= 11 is 0. The molecule has 1 rings (SSSR count). The molecule has 0 bridgehead atoms. The van der Waals surface area contributed by atoms with Gasteiger partial charge in [0.05, 0.1) is 19.8 Å². The first-order chi connectivity index (χ1) is 9.10. The lowest BCUT2D eigenvalue weighted by molar-refractivity contribution is 0.0948. The van der Waals surface area contributed by atoms with E-state index in [1.165, 1.54) is 7.11 Å². The summed E-state index contributed by atoms with van der Waals surface area (Å²) in [4.78, 5) is 14.2. The molecule has 0 aliphatic heterocycles. The van der Waals surface area contributed by atoms with Crippen molar-refractivity contribution < 1.29 is 14.3 Å². The number of ether oxygens (including phenoxy) is 2. The molecule has 0 heterocycles. The fourth-order valence-electron chi connectivity index (χ4n) is 1.76. The maximum absolute atomic E-state index is 12.1. The van der Waals surface area contributed by atoms with Gasteiger partial charge in [0.25, 0.3) is 5.91 Å². The highest BCUT2D eigenvalue weighted by molar-refractivity contribution is 5.97. The van der Waals surface area contributed by atoms with E-state index in [0.717, 1.165) is 13.0 Å². The molecule has 5 heteroatoms. The lowest BCUT2D eigenvalue weighted by Crippen LogP contribution is -2.27. The Labute approximate surface area is 114 Å². The molecule has 0 aliphatic carbocycles. The normalized spacial score (nSPS) is 10.4. The van der Waals surface area contributed by atoms with Crippen molar-refractivity contribution >= 4 is 5.91 Å². The Morgan fingerprint density at radius 3 is 2.58 bits per heavy atom. The molecule has 0 atom stereocenters. The van der Waals surface area contributed by atoms with E-state index in [2.05, 4.69) is 10.2 Å². The van der Waals surface area contributed by atoms with E-state index in [-0.39, 0.29) is 5.91 Å². The Kier molecular flexibility index (Phi) is 6.15. The number of rotatable bonds is 7. The first-order valence-electron chi connectivity index (χ1n) is 6.24. The SMILES string of the molecule is COc1cccc(C(=O)NCCCN(C)C)c1OC. The summed E-state index contributed by atoms with van der Waals surface area (Å²) in [5, 5.41) is 2.88. The average molecular weight is 266 g/mol. The van der Waals surface area contributed by atoms with Crippen LogP contribution in [0.15, 0.2) is 18.2 Å². The minimum atomic E-state index is -0.144. The van der Waals surface area contributed by atoms with Crippen molar-refractivity contribution in [2.75, 3.05) is 41.4 Å². The van der Waals surface area contributed by atoms with Crippen molar-refractivity contribution in [1.82, 2.24) is 10.2 Å². The third kappa shape index (κ3) is 4.44. The molecule has 0 saturated carbocycles. The van der Waals surface area contributed by atoms with E-state index < -0.39 is 0 Å². The second-order valence-electron chi connectivity index (χ2n) is 4.45. The van der Waals surface area contributed by atoms with Gasteiger partial charge in [0.1, 0.15) is 0 Å². The second-order valence-corrected chi connectivity index (χ2v) is 4.45. The Hall–Kier alpha value is -1.75. The lowest BCUT2D eigenvalue weighted by Gasteiger charge is -2.13. The standard InChI is InChI=1S/C14H22N2O3/c1-16(2)10-6-9-15-14(17)11-7-5-8-12(18-3)13(11)19-4/h5,7-8H,6,9-10H2,1-4H3,(H,15,17). The Balaban J connectivity index is 2.66. The minimum Gasteiger partial charge on any atom is -0.493 e. The van der Waals surface area contributed by atoms with Gasteiger partial charge >= 0.3 is 0 Å². The molecule has 19 heavy (non-hydrogen) atoms. The van der Waals surface area contributed by atoms with Crippen LogP contribution < -0.4 is 14.8 Å². The third-order valence-corrected chi connectivity index (χ3v) is 2.72. The first kappa shape index (κ1) is 15.3. The molecule has 1 N–H and O–H groups in total. The smallest absolute Gasteiger partial charge is 0.255 e. The maximum atomic E-state index is 12.1. The van der Waals surface area contributed by atoms with Crippen LogP contribution in [0.4, 0.5) is 0 Å². The van der Waals surface area contributed by atoms with Gasteiger partial charge < -0.3 is 19.7 Å². The molecule has 1 aromatic carbocycles. The van der Waals surface area contributed by atoms with Crippen molar-refractivity contribution in [3.63, 3.8) is 0 Å². The molecule has 106 valence electrons. The van der Waals surface area contributed by atoms with Gasteiger partial charge in [-0.3, -0.25) is 4.79 Å². The van der Waals surface area contributed by atoms with Crippen LogP contribution in [0, 0.1) is 0 Å². The fraction of sp³-hybridized carbons (Fsp3) is 0.500. The molecule has 5 nitrogen and oxygen atoms in total. The first-order valence-corrected chi connectivity index (χ1v) is 6.24. The highest BCUT2D eigenvalue weighted by Crippen LogP contribution is 2.30. The van der Waals surface area contributed by atoms with Crippen LogP contribution in [-0.2, 0) is 0 Å². The number of methoxy groups -OCH3 is 2. The lowest BCUT2D eigenvalue weighted by atomic mass is 10.1. The van der Waals surface area contributed by atoms with Gasteiger partial charge in [-0.15, -0.1) is 0 Å². The molecule has 0 spiro atoms. The summed E-state index contributed by atoms with van der Waals surface area (Å²) < 4.78 is 10.4. The molecule has 0 fully saturated rings. The zero-order valence-corrected chi connectivity index (χ0v) is 12.0. The van der Waals surface area contributed by atoms with Crippen molar-refractivity contribution in [3.05, 3.63) is 23.8 Å². The number of carbonyl (C=O) groups is 1. The Bertz CT molecular complexity index is 419. The summed E-state index contributed by atoms with van der Waals surface area (Å²) in [6, 6.07) is 5.26. The van der Waals surface area contributed by atoms with Crippen LogP contribution in [0.1, 0.15) is 16.8 Å². The van der Waals surface area contributed by atoms with E-state index in [9.17, 15) is 4.79 Å². The third-order valence-electron chi connectivity index (χ3n) is 2.72. The Morgan fingerprint density at radius 2 is 2.00 bits per heavy atom. The topological polar surface area (TPSA) is 50.8 Å². The Morgan fingerprint density at radius 1 is 1.26 bits per heavy atom. The van der Waals surface area contributed by atoms with E-state index in [0.29, 0.717) is 23.6 Å². The van der Waals surface area contributed by atoms with Gasteiger partial charge in [-0.2, -0.15) is 0 Å². The number of carbonyl (C=O) groups excluding carboxylic acids is 1. The molecular formula is C14H22N2O3. The molecule has 0 aliphatic rings. The highest BCUT2D eigenvalue weighted by atomic mass is 16.5. The number of amides is 1. The van der Waals surface area contributed by atoms with Crippen LogP contribution in [0.5, 0.6) is 11.5 Å². The van der Waals surface area contributed by atoms with E-state index in [1.807, 2.05) is 14.1 Å². The summed E-state index contributed by atoms with van der Waals surface area (Å²) in [5.41, 5.74) is 0.492. The van der Waals surface area contributed by atoms with Crippen LogP contribution >= 0.6 is 0 Å². The van der Waals surface area contributed by atoms with Crippen molar-refractivity contribution in [2.45, 2.75) is 6.42 Å². The zero-order valence-electron chi connectivity index (χ0n) is 12.0. The summed E-state index contributed by atoms with van der Waals surface area (Å²) in [6.07, 6.45) is 0.908. The maximum Gasteiger partial charge on any atom is 0.255 e. The number of benzene rings is 1.